The van der Waals surface area contributed by atoms with Crippen molar-refractivity contribution >= 4 is 11.9 Å². The summed E-state index contributed by atoms with van der Waals surface area (Å²) in [6.07, 6.45) is 2.80. The molecule has 2 unspecified atom stereocenters. The molecule has 1 heterocycles. The number of nitrogens with one attached hydrogen (secondary N) is 1. The Morgan fingerprint density at radius 3 is 2.15 bits per heavy atom. The maximum atomic E-state index is 13.5. The van der Waals surface area contributed by atoms with Gasteiger partial charge in [0.2, 0.25) is 5.91 Å². The van der Waals surface area contributed by atoms with E-state index in [4.69, 9.17) is 9.47 Å². The predicted molar refractivity (Wildman–Crippen MR) is 156 cm³/mol. The van der Waals surface area contributed by atoms with Gasteiger partial charge < -0.3 is 14.8 Å². The van der Waals surface area contributed by atoms with Crippen molar-refractivity contribution in [1.82, 2.24) is 15.1 Å². The average Bonchev–Trinajstić information content (AvgIpc) is 2.94. The summed E-state index contributed by atoms with van der Waals surface area (Å²) in [5.74, 6) is 0.423. The molecule has 7 nitrogen and oxygen atoms in total. The van der Waals surface area contributed by atoms with Crippen molar-refractivity contribution in [1.29, 1.82) is 0 Å². The Morgan fingerprint density at radius 2 is 1.64 bits per heavy atom. The number of benzene rings is 2. The van der Waals surface area contributed by atoms with Crippen LogP contribution in [0.1, 0.15) is 75.7 Å². The summed E-state index contributed by atoms with van der Waals surface area (Å²) >= 11 is 0. The van der Waals surface area contributed by atoms with Crippen LogP contribution >= 0.6 is 0 Å². The minimum Gasteiger partial charge on any atom is -0.469 e. The van der Waals surface area contributed by atoms with Crippen LogP contribution in [0.2, 0.25) is 0 Å². The molecular formula is C32H45N3O4. The Bertz CT molecular complexity index is 1090. The lowest BCUT2D eigenvalue weighted by Crippen LogP contribution is -2.73. The summed E-state index contributed by atoms with van der Waals surface area (Å²) < 4.78 is 11.9. The Hall–Kier alpha value is -3.16. The van der Waals surface area contributed by atoms with Gasteiger partial charge >= 0.3 is 6.03 Å². The van der Waals surface area contributed by atoms with E-state index in [2.05, 4.69) is 30.6 Å². The zero-order valence-electron chi connectivity index (χ0n) is 24.4. The number of carbonyl (C=O) groups excluding carboxylic acids is 2. The molecule has 1 N–H and O–H groups in total. The molecule has 0 aromatic heterocycles. The SMILES string of the molecule is C=CCC(NC(=O)N1C(=O)C(CC)(CC)C1Oc1ccc([C@@H](COC)N(CC)CC)cc1)c1ccc(C)cc1. The van der Waals surface area contributed by atoms with Gasteiger partial charge in [-0.05, 0) is 62.5 Å². The number of likely N-dealkylation sites (tertiary alicyclic amines) is 1. The van der Waals surface area contributed by atoms with Crippen LogP contribution in [0.25, 0.3) is 0 Å². The van der Waals surface area contributed by atoms with Gasteiger partial charge in [0.15, 0.2) is 6.23 Å². The molecule has 7 heteroatoms. The van der Waals surface area contributed by atoms with E-state index < -0.39 is 17.7 Å². The van der Waals surface area contributed by atoms with Crippen LogP contribution in [0.15, 0.2) is 61.2 Å². The topological polar surface area (TPSA) is 71.1 Å². The molecule has 0 radical (unpaired) electrons. The molecule has 3 rings (SSSR count). The molecule has 39 heavy (non-hydrogen) atoms. The second-order valence-electron chi connectivity index (χ2n) is 10.2. The highest BCUT2D eigenvalue weighted by Gasteiger charge is 2.63. The number of hydrogen-bond donors (Lipinski definition) is 1. The highest BCUT2D eigenvalue weighted by molar-refractivity contribution is 6.03. The van der Waals surface area contributed by atoms with Gasteiger partial charge in [-0.1, -0.05) is 75.7 Å². The molecular weight excluding hydrogens is 490 g/mol. The monoisotopic (exact) mass is 535 g/mol. The third-order valence-electron chi connectivity index (χ3n) is 8.10. The number of amides is 3. The summed E-state index contributed by atoms with van der Waals surface area (Å²) in [5, 5.41) is 3.05. The fraction of sp³-hybridized carbons (Fsp3) is 0.500. The summed E-state index contributed by atoms with van der Waals surface area (Å²) in [6, 6.07) is 15.3. The highest BCUT2D eigenvalue weighted by Crippen LogP contribution is 2.46. The van der Waals surface area contributed by atoms with Crippen molar-refractivity contribution in [3.8, 4) is 5.75 Å². The van der Waals surface area contributed by atoms with E-state index in [1.54, 1.807) is 13.2 Å². The molecule has 0 aliphatic carbocycles. The van der Waals surface area contributed by atoms with Crippen LogP contribution < -0.4 is 10.1 Å². The van der Waals surface area contributed by atoms with E-state index in [1.165, 1.54) is 4.90 Å². The summed E-state index contributed by atoms with van der Waals surface area (Å²) in [7, 11) is 1.72. The van der Waals surface area contributed by atoms with E-state index in [0.717, 1.165) is 29.8 Å². The maximum absolute atomic E-state index is 13.5. The molecule has 1 saturated heterocycles. The van der Waals surface area contributed by atoms with Crippen molar-refractivity contribution in [2.24, 2.45) is 5.41 Å². The molecule has 0 saturated carbocycles. The number of aryl methyl sites for hydroxylation is 1. The van der Waals surface area contributed by atoms with Crippen molar-refractivity contribution in [3.05, 3.63) is 77.9 Å². The van der Waals surface area contributed by atoms with Crippen LogP contribution in [-0.2, 0) is 9.53 Å². The number of urea groups is 1. The number of nitrogens with zero attached hydrogens (tertiary/aromatic N) is 2. The van der Waals surface area contributed by atoms with Crippen LogP contribution in [0.5, 0.6) is 5.75 Å². The summed E-state index contributed by atoms with van der Waals surface area (Å²) in [5.41, 5.74) is 2.50. The second kappa shape index (κ2) is 13.8. The van der Waals surface area contributed by atoms with E-state index in [9.17, 15) is 9.59 Å². The smallest absolute Gasteiger partial charge is 0.327 e. The van der Waals surface area contributed by atoms with Gasteiger partial charge in [-0.2, -0.15) is 0 Å². The van der Waals surface area contributed by atoms with Crippen LogP contribution in [0.3, 0.4) is 0 Å². The number of carbonyl (C=O) groups is 2. The minimum atomic E-state index is -0.742. The van der Waals surface area contributed by atoms with Crippen molar-refractivity contribution in [3.63, 3.8) is 0 Å². The van der Waals surface area contributed by atoms with E-state index >= 15 is 0 Å². The Balaban J connectivity index is 1.83. The number of likely N-dealkylation sites (N-methyl/N-ethyl adjacent to an activating group) is 1. The zero-order valence-corrected chi connectivity index (χ0v) is 24.4. The van der Waals surface area contributed by atoms with E-state index in [1.807, 2.05) is 69.3 Å². The van der Waals surface area contributed by atoms with Gasteiger partial charge in [-0.15, -0.1) is 6.58 Å². The van der Waals surface area contributed by atoms with Gasteiger partial charge in [-0.25, -0.2) is 9.69 Å². The molecule has 1 fully saturated rings. The minimum absolute atomic E-state index is 0.139. The number of β-lactam (4-membered cyclic amide) rings is 1. The Kier molecular flexibility index (Phi) is 10.7. The van der Waals surface area contributed by atoms with Gasteiger partial charge in [0.25, 0.3) is 0 Å². The molecule has 2 aromatic carbocycles. The first-order valence-electron chi connectivity index (χ1n) is 14.1. The quantitative estimate of drug-likeness (QED) is 0.224. The number of imide groups is 1. The zero-order chi connectivity index (χ0) is 28.6. The van der Waals surface area contributed by atoms with Gasteiger partial charge in [0.05, 0.1) is 18.7 Å². The van der Waals surface area contributed by atoms with Crippen LogP contribution in [0, 0.1) is 12.3 Å². The van der Waals surface area contributed by atoms with Gasteiger partial charge in [-0.3, -0.25) is 9.69 Å². The average molecular weight is 536 g/mol. The first-order chi connectivity index (χ1) is 18.8. The lowest BCUT2D eigenvalue weighted by molar-refractivity contribution is -0.191. The van der Waals surface area contributed by atoms with Crippen LogP contribution in [0.4, 0.5) is 4.79 Å². The van der Waals surface area contributed by atoms with E-state index in [-0.39, 0.29) is 18.0 Å². The fourth-order valence-electron chi connectivity index (χ4n) is 5.49. The maximum Gasteiger partial charge on any atom is 0.327 e. The molecule has 0 spiro atoms. The molecule has 3 atom stereocenters. The van der Waals surface area contributed by atoms with Gasteiger partial charge in [0.1, 0.15) is 11.2 Å². The first-order valence-corrected chi connectivity index (χ1v) is 14.1. The normalized spacial score (nSPS) is 17.9. The standard InChI is InChI=1S/C32H45N3O4/c1-8-13-27(24-16-14-23(6)15-17-24)33-31(37)35-29(36)32(9-2,10-3)30(35)39-26-20-18-25(19-21-26)28(22-38-7)34(11-4)12-5/h8,14-21,27-28,30H,1,9-13,22H2,2-7H3,(H,33,37)/t27?,28-,30?/m1/s1. The van der Waals surface area contributed by atoms with Crippen molar-refractivity contribution in [2.45, 2.75) is 72.2 Å². The third-order valence-corrected chi connectivity index (χ3v) is 8.10. The molecule has 1 aliphatic rings. The molecule has 3 amide bonds. The molecule has 0 bridgehead atoms. The predicted octanol–water partition coefficient (Wildman–Crippen LogP) is 6.40. The Labute approximate surface area is 234 Å². The molecule has 2 aromatic rings. The number of ether oxygens (including phenoxy) is 2. The van der Waals surface area contributed by atoms with Crippen molar-refractivity contribution in [2.75, 3.05) is 26.8 Å². The molecule has 212 valence electrons. The second-order valence-corrected chi connectivity index (χ2v) is 10.2. The Morgan fingerprint density at radius 1 is 1.05 bits per heavy atom. The number of rotatable bonds is 14. The molecule has 1 aliphatic heterocycles. The first kappa shape index (κ1) is 30.4. The fourth-order valence-corrected chi connectivity index (χ4v) is 5.49. The van der Waals surface area contributed by atoms with Crippen LogP contribution in [-0.4, -0.2) is 54.8 Å². The van der Waals surface area contributed by atoms with Crippen molar-refractivity contribution < 1.29 is 19.1 Å². The number of methoxy groups -OCH3 is 1. The third kappa shape index (κ3) is 6.36. The highest BCUT2D eigenvalue weighted by atomic mass is 16.5. The van der Waals surface area contributed by atoms with Gasteiger partial charge in [0, 0.05) is 7.11 Å². The number of hydrogen-bond acceptors (Lipinski definition) is 5. The summed E-state index contributed by atoms with van der Waals surface area (Å²) in [4.78, 5) is 30.5. The largest absolute Gasteiger partial charge is 0.469 e. The lowest BCUT2D eigenvalue weighted by atomic mass is 9.72. The lowest BCUT2D eigenvalue weighted by Gasteiger charge is -2.53. The van der Waals surface area contributed by atoms with E-state index in [0.29, 0.717) is 31.6 Å². The summed E-state index contributed by atoms with van der Waals surface area (Å²) in [6.45, 7) is 16.5.